The topological polar surface area (TPSA) is 69.2 Å². The molecule has 146 valence electrons. The number of carboxylic acid groups (broad SMARTS) is 1. The molecule has 0 saturated heterocycles. The van der Waals surface area contributed by atoms with Gasteiger partial charge in [0.1, 0.15) is 0 Å². The fourth-order valence-electron chi connectivity index (χ4n) is 2.73. The van der Waals surface area contributed by atoms with Gasteiger partial charge in [0, 0.05) is 6.42 Å². The van der Waals surface area contributed by atoms with Crippen molar-refractivity contribution in [3.05, 3.63) is 12.2 Å². The molecule has 1 amide bonds. The molecule has 1 N–H and O–H groups in total. The van der Waals surface area contributed by atoms with Gasteiger partial charge < -0.3 is 15.2 Å². The van der Waals surface area contributed by atoms with E-state index in [9.17, 15) is 14.7 Å². The Hall–Kier alpha value is -0.723. The Labute approximate surface area is 172 Å². The third-order valence-corrected chi connectivity index (χ3v) is 4.40. The predicted molar refractivity (Wildman–Crippen MR) is 102 cm³/mol. The van der Waals surface area contributed by atoms with Crippen LogP contribution >= 0.6 is 0 Å². The Morgan fingerprint density at radius 3 is 1.81 bits per heavy atom. The molecule has 0 heterocycles. The average molecular weight is 359 g/mol. The summed E-state index contributed by atoms with van der Waals surface area (Å²) in [5.74, 6) is -1.44. The van der Waals surface area contributed by atoms with Crippen molar-refractivity contribution in [2.24, 2.45) is 0 Å². The molecule has 0 fully saturated rings. The summed E-state index contributed by atoms with van der Waals surface area (Å²) in [7, 11) is 0. The van der Waals surface area contributed by atoms with Crippen LogP contribution in [0.5, 0.6) is 0 Å². The molecule has 5 heteroatoms. The first-order valence-corrected chi connectivity index (χ1v) is 10.2. The summed E-state index contributed by atoms with van der Waals surface area (Å²) in [6.45, 7) is 3.67. The van der Waals surface area contributed by atoms with Crippen molar-refractivity contribution in [1.29, 1.82) is 0 Å². The van der Waals surface area contributed by atoms with Crippen LogP contribution in [0, 0.1) is 0 Å². The van der Waals surface area contributed by atoms with Gasteiger partial charge >= 0.3 is 18.9 Å². The fraction of sp³-hybridized carbons (Fsp3) is 0.810. The van der Waals surface area contributed by atoms with Crippen LogP contribution in [0.25, 0.3) is 0 Å². The normalized spacial score (nSPS) is 11.9. The fourth-order valence-corrected chi connectivity index (χ4v) is 2.73. The summed E-state index contributed by atoms with van der Waals surface area (Å²) in [4.78, 5) is 22.0. The Balaban J connectivity index is 0. The molecule has 0 aromatic rings. The van der Waals surface area contributed by atoms with Crippen LogP contribution in [-0.4, -0.2) is 17.9 Å². The van der Waals surface area contributed by atoms with Crippen molar-refractivity contribution in [1.82, 2.24) is 5.32 Å². The molecule has 0 rings (SSSR count). The van der Waals surface area contributed by atoms with E-state index >= 15 is 0 Å². The molecule has 0 aliphatic rings. The number of rotatable bonds is 17. The van der Waals surface area contributed by atoms with E-state index in [1.54, 1.807) is 0 Å². The van der Waals surface area contributed by atoms with Crippen LogP contribution in [0.2, 0.25) is 0 Å². The smallest absolute Gasteiger partial charge is 0.548 e. The van der Waals surface area contributed by atoms with E-state index in [1.807, 2.05) is 0 Å². The molecule has 0 spiro atoms. The minimum absolute atomic E-state index is 0. The van der Waals surface area contributed by atoms with E-state index in [-0.39, 0.29) is 24.8 Å². The van der Waals surface area contributed by atoms with Crippen molar-refractivity contribution >= 4 is 11.9 Å². The number of carbonyl (C=O) groups is 2. The van der Waals surface area contributed by atoms with Gasteiger partial charge in [0.15, 0.2) is 0 Å². The molecule has 0 unspecified atom stereocenters. The first-order valence-electron chi connectivity index (χ1n) is 10.2. The molecule has 4 nitrogen and oxygen atoms in total. The van der Waals surface area contributed by atoms with Gasteiger partial charge in [0.2, 0.25) is 5.91 Å². The van der Waals surface area contributed by atoms with Gasteiger partial charge in [0.05, 0.1) is 12.0 Å². The van der Waals surface area contributed by atoms with Gasteiger partial charge in [-0.15, -0.1) is 0 Å². The minimum atomic E-state index is -1.24. The standard InChI is InChI=1S/C21H39NO3.Li/c1-3-4-5-6-7-8-9-10-11-12-13-14-15-16-17-18-20(23)22-19(2)21(24)25;/h10-11,19H,3-9,12-18H2,1-2H3,(H,22,23)(H,24,25);/q;+1/p-1/b11-10-;/t19-;/m0./s1. The number of aliphatic carboxylic acids is 1. The summed E-state index contributed by atoms with van der Waals surface area (Å²) in [6.07, 6.45) is 20.9. The second-order valence-corrected chi connectivity index (χ2v) is 6.94. The quantitative estimate of drug-likeness (QED) is 0.242. The first kappa shape index (κ1) is 27.5. The van der Waals surface area contributed by atoms with Crippen molar-refractivity contribution in [3.8, 4) is 0 Å². The zero-order valence-electron chi connectivity index (χ0n) is 17.4. The molecule has 0 aliphatic carbocycles. The van der Waals surface area contributed by atoms with Crippen LogP contribution in [-0.2, 0) is 9.59 Å². The number of hydrogen-bond donors (Lipinski definition) is 1. The summed E-state index contributed by atoms with van der Waals surface area (Å²) >= 11 is 0. The second-order valence-electron chi connectivity index (χ2n) is 6.94. The largest absolute Gasteiger partial charge is 1.00 e. The summed E-state index contributed by atoms with van der Waals surface area (Å²) in [6, 6.07) is -0.907. The molecule has 0 aromatic heterocycles. The maximum atomic E-state index is 11.5. The zero-order valence-corrected chi connectivity index (χ0v) is 17.4. The molecule has 0 aromatic carbocycles. The van der Waals surface area contributed by atoms with Gasteiger partial charge in [0.25, 0.3) is 0 Å². The molecule has 0 bridgehead atoms. The third kappa shape index (κ3) is 19.6. The van der Waals surface area contributed by atoms with Crippen molar-refractivity contribution < 1.29 is 33.6 Å². The second kappa shape index (κ2) is 20.6. The molecule has 1 atom stereocenters. The van der Waals surface area contributed by atoms with Gasteiger partial charge in [-0.3, -0.25) is 4.79 Å². The number of unbranched alkanes of at least 4 members (excludes halogenated alkanes) is 11. The van der Waals surface area contributed by atoms with Crippen LogP contribution in [0.15, 0.2) is 12.2 Å². The summed E-state index contributed by atoms with van der Waals surface area (Å²) in [5, 5.41) is 12.9. The predicted octanol–water partition coefficient (Wildman–Crippen LogP) is 1.28. The van der Waals surface area contributed by atoms with E-state index in [4.69, 9.17) is 0 Å². The van der Waals surface area contributed by atoms with Gasteiger partial charge in [-0.1, -0.05) is 70.4 Å². The van der Waals surface area contributed by atoms with Crippen LogP contribution in [0.1, 0.15) is 104 Å². The van der Waals surface area contributed by atoms with Gasteiger partial charge in [-0.25, -0.2) is 0 Å². The Morgan fingerprint density at radius 1 is 0.846 bits per heavy atom. The van der Waals surface area contributed by atoms with E-state index in [0.717, 1.165) is 25.7 Å². The van der Waals surface area contributed by atoms with Crippen LogP contribution in [0.4, 0.5) is 0 Å². The number of nitrogens with one attached hydrogen (secondary N) is 1. The molecule has 0 saturated carbocycles. The number of carboxylic acids is 1. The van der Waals surface area contributed by atoms with E-state index in [1.165, 1.54) is 64.7 Å². The Kier molecular flexibility index (Phi) is 21.8. The van der Waals surface area contributed by atoms with Gasteiger partial charge in [-0.05, 0) is 39.0 Å². The maximum Gasteiger partial charge on any atom is 1.00 e. The minimum Gasteiger partial charge on any atom is -0.548 e. The molecular weight excluding hydrogens is 321 g/mol. The Morgan fingerprint density at radius 2 is 1.31 bits per heavy atom. The van der Waals surface area contributed by atoms with Crippen LogP contribution < -0.4 is 29.3 Å². The molecule has 26 heavy (non-hydrogen) atoms. The summed E-state index contributed by atoms with van der Waals surface area (Å²) < 4.78 is 0. The zero-order chi connectivity index (χ0) is 18.8. The average Bonchev–Trinajstić information content (AvgIpc) is 2.58. The SMILES string of the molecule is CCCCCCCC/C=C\CCCCCCCC(=O)N[C@@H](C)C(=O)[O-].[Li+]. The van der Waals surface area contributed by atoms with E-state index in [0.29, 0.717) is 6.42 Å². The molecule has 0 aliphatic heterocycles. The van der Waals surface area contributed by atoms with Gasteiger partial charge in [-0.2, -0.15) is 0 Å². The number of carbonyl (C=O) groups excluding carboxylic acids is 2. The number of allylic oxidation sites excluding steroid dienone is 2. The Bertz CT molecular complexity index is 372. The molecule has 0 radical (unpaired) electrons. The van der Waals surface area contributed by atoms with Crippen molar-refractivity contribution in [3.63, 3.8) is 0 Å². The summed E-state index contributed by atoms with van der Waals surface area (Å²) in [5.41, 5.74) is 0. The van der Waals surface area contributed by atoms with Crippen molar-refractivity contribution in [2.75, 3.05) is 0 Å². The van der Waals surface area contributed by atoms with E-state index in [2.05, 4.69) is 24.4 Å². The number of hydrogen-bond acceptors (Lipinski definition) is 3. The monoisotopic (exact) mass is 359 g/mol. The first-order chi connectivity index (χ1) is 12.1. The van der Waals surface area contributed by atoms with E-state index < -0.39 is 12.0 Å². The van der Waals surface area contributed by atoms with Crippen molar-refractivity contribution in [2.45, 2.75) is 110 Å². The maximum absolute atomic E-state index is 11.5. The third-order valence-electron chi connectivity index (χ3n) is 4.40. The molecular formula is C21H38LiNO3. The van der Waals surface area contributed by atoms with Crippen LogP contribution in [0.3, 0.4) is 0 Å². The number of amides is 1.